The maximum Gasteiger partial charge on any atom is 0.268 e. The molecule has 166 valence electrons. The molecule has 8 nitrogen and oxygen atoms in total. The van der Waals surface area contributed by atoms with Crippen LogP contribution in [0.25, 0.3) is 10.8 Å². The first-order chi connectivity index (χ1) is 16.0. The molecule has 0 spiro atoms. The van der Waals surface area contributed by atoms with E-state index in [2.05, 4.69) is 20.6 Å². The third-order valence-electron chi connectivity index (χ3n) is 5.98. The molecule has 4 aromatic rings. The molecule has 0 radical (unpaired) electrons. The highest BCUT2D eigenvalue weighted by Crippen LogP contribution is 2.33. The van der Waals surface area contributed by atoms with Gasteiger partial charge in [-0.25, -0.2) is 4.98 Å². The number of nitrogens with one attached hydrogen (secondary N) is 3. The monoisotopic (exact) mass is 441 g/mol. The van der Waals surface area contributed by atoms with Crippen LogP contribution in [0.5, 0.6) is 0 Å². The number of H-pyrrole nitrogens is 1. The van der Waals surface area contributed by atoms with Crippen LogP contribution in [0.1, 0.15) is 34.9 Å². The third kappa shape index (κ3) is 4.55. The number of fused-ring (bicyclic) bond motifs is 1. The maximum atomic E-state index is 12.6. The third-order valence-corrected chi connectivity index (χ3v) is 5.98. The smallest absolute Gasteiger partial charge is 0.268 e. The van der Waals surface area contributed by atoms with E-state index in [1.165, 1.54) is 6.07 Å². The summed E-state index contributed by atoms with van der Waals surface area (Å²) in [7, 11) is 0. The second kappa shape index (κ2) is 8.74. The standard InChI is InChI=1S/C25H23N5O3/c31-23-10-4-9-21(28-23)25(33)27-18-12-19(13-18)30-14-22(26-15-30)29-24(32)11-17-7-3-6-16-5-1-2-8-20(16)17/h1-10,14-15,18-19H,11-13H2,(H,27,33)(H,28,31)(H,29,32). The normalized spacial score (nSPS) is 17.3. The summed E-state index contributed by atoms with van der Waals surface area (Å²) in [5.74, 6) is 0.102. The predicted octanol–water partition coefficient (Wildman–Crippen LogP) is 3.04. The van der Waals surface area contributed by atoms with Gasteiger partial charge in [-0.2, -0.15) is 0 Å². The van der Waals surface area contributed by atoms with Crippen molar-refractivity contribution in [2.45, 2.75) is 31.3 Å². The van der Waals surface area contributed by atoms with Gasteiger partial charge < -0.3 is 20.2 Å². The molecule has 1 aliphatic rings. The summed E-state index contributed by atoms with van der Waals surface area (Å²) in [6.07, 6.45) is 5.29. The second-order valence-corrected chi connectivity index (χ2v) is 8.29. The second-order valence-electron chi connectivity index (χ2n) is 8.29. The SMILES string of the molecule is O=C(Cc1cccc2ccccc12)Nc1cn(C2CC(NC(=O)c3cccc(=O)[nH]3)C2)cn1. The van der Waals surface area contributed by atoms with Crippen molar-refractivity contribution < 1.29 is 9.59 Å². The van der Waals surface area contributed by atoms with Crippen LogP contribution in [0.4, 0.5) is 5.82 Å². The fraction of sp³-hybridized carbons (Fsp3) is 0.200. The summed E-state index contributed by atoms with van der Waals surface area (Å²) >= 11 is 0. The number of pyridine rings is 1. The number of imidazole rings is 1. The zero-order valence-corrected chi connectivity index (χ0v) is 17.8. The van der Waals surface area contributed by atoms with Crippen molar-refractivity contribution in [3.05, 3.63) is 94.8 Å². The molecular weight excluding hydrogens is 418 g/mol. The van der Waals surface area contributed by atoms with E-state index < -0.39 is 0 Å². The summed E-state index contributed by atoms with van der Waals surface area (Å²) in [4.78, 5) is 43.0. The Bertz CT molecular complexity index is 1380. The number of benzene rings is 2. The van der Waals surface area contributed by atoms with Crippen molar-refractivity contribution in [3.8, 4) is 0 Å². The molecule has 0 unspecified atom stereocenters. The fourth-order valence-corrected chi connectivity index (χ4v) is 4.20. The Hall–Kier alpha value is -4.20. The first-order valence-electron chi connectivity index (χ1n) is 10.9. The number of amides is 2. The van der Waals surface area contributed by atoms with E-state index in [-0.39, 0.29) is 41.6 Å². The molecule has 0 aliphatic heterocycles. The highest BCUT2D eigenvalue weighted by atomic mass is 16.2. The molecule has 2 aromatic carbocycles. The molecular formula is C25H23N5O3. The van der Waals surface area contributed by atoms with E-state index in [0.29, 0.717) is 5.82 Å². The zero-order chi connectivity index (χ0) is 22.8. The number of aromatic nitrogens is 3. The largest absolute Gasteiger partial charge is 0.348 e. The number of hydrogen-bond donors (Lipinski definition) is 3. The van der Waals surface area contributed by atoms with Crippen LogP contribution in [0.3, 0.4) is 0 Å². The minimum Gasteiger partial charge on any atom is -0.348 e. The average Bonchev–Trinajstić information content (AvgIpc) is 3.23. The van der Waals surface area contributed by atoms with Crippen molar-refractivity contribution >= 4 is 28.4 Å². The molecule has 5 rings (SSSR count). The molecule has 1 saturated carbocycles. The molecule has 2 heterocycles. The van der Waals surface area contributed by atoms with Gasteiger partial charge in [0.05, 0.1) is 12.7 Å². The summed E-state index contributed by atoms with van der Waals surface area (Å²) < 4.78 is 1.96. The lowest BCUT2D eigenvalue weighted by atomic mass is 9.86. The van der Waals surface area contributed by atoms with Crippen LogP contribution in [-0.4, -0.2) is 32.4 Å². The summed E-state index contributed by atoms with van der Waals surface area (Å²) in [5, 5.41) is 7.98. The molecule has 2 amide bonds. The van der Waals surface area contributed by atoms with Crippen LogP contribution in [0.15, 0.2) is 78.0 Å². The summed E-state index contributed by atoms with van der Waals surface area (Å²) in [6, 6.07) is 18.7. The first-order valence-corrected chi connectivity index (χ1v) is 10.9. The van der Waals surface area contributed by atoms with Gasteiger partial charge in [-0.05, 0) is 35.2 Å². The number of nitrogens with zero attached hydrogens (tertiary/aromatic N) is 2. The lowest BCUT2D eigenvalue weighted by Gasteiger charge is -2.36. The van der Waals surface area contributed by atoms with Gasteiger partial charge in [0.25, 0.3) is 5.91 Å². The van der Waals surface area contributed by atoms with E-state index in [1.807, 2.05) is 53.2 Å². The van der Waals surface area contributed by atoms with E-state index in [1.54, 1.807) is 18.5 Å². The quantitative estimate of drug-likeness (QED) is 0.427. The van der Waals surface area contributed by atoms with Gasteiger partial charge in [-0.15, -0.1) is 0 Å². The molecule has 8 heteroatoms. The van der Waals surface area contributed by atoms with Crippen LogP contribution >= 0.6 is 0 Å². The van der Waals surface area contributed by atoms with Crippen molar-refractivity contribution in [1.29, 1.82) is 0 Å². The van der Waals surface area contributed by atoms with Crippen molar-refractivity contribution in [3.63, 3.8) is 0 Å². The lowest BCUT2D eigenvalue weighted by molar-refractivity contribution is -0.115. The Balaban J connectivity index is 1.15. The Kier molecular flexibility index (Phi) is 5.48. The zero-order valence-electron chi connectivity index (χ0n) is 17.8. The number of rotatable bonds is 6. The molecule has 2 aromatic heterocycles. The van der Waals surface area contributed by atoms with E-state index in [0.717, 1.165) is 29.2 Å². The van der Waals surface area contributed by atoms with Gasteiger partial charge in [0.15, 0.2) is 5.82 Å². The molecule has 33 heavy (non-hydrogen) atoms. The van der Waals surface area contributed by atoms with Gasteiger partial charge >= 0.3 is 0 Å². The Morgan fingerprint density at radius 1 is 1.03 bits per heavy atom. The molecule has 1 fully saturated rings. The highest BCUT2D eigenvalue weighted by molar-refractivity contribution is 5.95. The number of aromatic amines is 1. The van der Waals surface area contributed by atoms with Crippen LogP contribution in [0.2, 0.25) is 0 Å². The van der Waals surface area contributed by atoms with Gasteiger partial charge in [-0.3, -0.25) is 14.4 Å². The average molecular weight is 441 g/mol. The molecule has 3 N–H and O–H groups in total. The molecule has 1 aliphatic carbocycles. The van der Waals surface area contributed by atoms with Crippen LogP contribution < -0.4 is 16.2 Å². The molecule has 0 atom stereocenters. The topological polar surface area (TPSA) is 109 Å². The van der Waals surface area contributed by atoms with Crippen LogP contribution in [0, 0.1) is 0 Å². The Morgan fingerprint density at radius 3 is 2.67 bits per heavy atom. The molecule has 0 saturated heterocycles. The number of carbonyl (C=O) groups is 2. The summed E-state index contributed by atoms with van der Waals surface area (Å²) in [5.41, 5.74) is 0.926. The minimum atomic E-state index is -0.303. The lowest BCUT2D eigenvalue weighted by Crippen LogP contribution is -2.45. The van der Waals surface area contributed by atoms with Crippen LogP contribution in [-0.2, 0) is 11.2 Å². The number of hydrogen-bond acceptors (Lipinski definition) is 4. The van der Waals surface area contributed by atoms with Gasteiger partial charge in [0, 0.05) is 24.3 Å². The molecule has 0 bridgehead atoms. The first kappa shape index (κ1) is 20.7. The highest BCUT2D eigenvalue weighted by Gasteiger charge is 2.32. The summed E-state index contributed by atoms with van der Waals surface area (Å²) in [6.45, 7) is 0. The predicted molar refractivity (Wildman–Crippen MR) is 125 cm³/mol. The van der Waals surface area contributed by atoms with E-state index in [4.69, 9.17) is 0 Å². The van der Waals surface area contributed by atoms with Gasteiger partial charge in [-0.1, -0.05) is 48.5 Å². The minimum absolute atomic E-state index is 0.0259. The maximum absolute atomic E-state index is 12.6. The van der Waals surface area contributed by atoms with Crippen molar-refractivity contribution in [2.24, 2.45) is 0 Å². The van der Waals surface area contributed by atoms with Crippen molar-refractivity contribution in [1.82, 2.24) is 19.9 Å². The van der Waals surface area contributed by atoms with E-state index in [9.17, 15) is 14.4 Å². The van der Waals surface area contributed by atoms with Crippen molar-refractivity contribution in [2.75, 3.05) is 5.32 Å². The number of carbonyl (C=O) groups excluding carboxylic acids is 2. The fourth-order valence-electron chi connectivity index (χ4n) is 4.20. The Morgan fingerprint density at radius 2 is 1.82 bits per heavy atom. The number of anilines is 1. The van der Waals surface area contributed by atoms with Gasteiger partial charge in [0.2, 0.25) is 11.5 Å². The van der Waals surface area contributed by atoms with Gasteiger partial charge in [0.1, 0.15) is 5.69 Å². The Labute approximate surface area is 189 Å². The van der Waals surface area contributed by atoms with E-state index >= 15 is 0 Å².